The maximum absolute atomic E-state index is 9.22. The van der Waals surface area contributed by atoms with Gasteiger partial charge in [0.1, 0.15) is 17.6 Å². The van der Waals surface area contributed by atoms with E-state index < -0.39 is 0 Å². The predicted octanol–water partition coefficient (Wildman–Crippen LogP) is 4.42. The lowest BCUT2D eigenvalue weighted by molar-refractivity contribution is 0.339. The minimum atomic E-state index is 0.476. The fourth-order valence-corrected chi connectivity index (χ4v) is 3.23. The molecule has 31 heavy (non-hydrogen) atoms. The maximum atomic E-state index is 9.22. The molecule has 1 fully saturated rings. The Labute approximate surface area is 182 Å². The van der Waals surface area contributed by atoms with Crippen molar-refractivity contribution in [1.82, 2.24) is 15.3 Å². The normalized spacial score (nSPS) is 12.8. The average Bonchev–Trinajstić information content (AvgIpc) is 3.64. The zero-order chi connectivity index (χ0) is 21.6. The number of benzene rings is 2. The highest BCUT2D eigenvalue weighted by atomic mass is 16.5. The molecule has 1 heterocycles. The van der Waals surface area contributed by atoms with E-state index >= 15 is 0 Å². The average molecular weight is 415 g/mol. The highest BCUT2D eigenvalue weighted by Gasteiger charge is 2.20. The van der Waals surface area contributed by atoms with Crippen molar-refractivity contribution < 1.29 is 9.47 Å². The lowest BCUT2D eigenvalue weighted by Gasteiger charge is -2.13. The smallest absolute Gasteiger partial charge is 0.227 e. The molecular weight excluding hydrogens is 390 g/mol. The standard InChI is InChI=1S/C24H25N5O2/c1-3-31-22-11-17(5-6-18(22)12-25)19-14-27-24(28-15-19)29-21-9-4-16(10-23(21)30-2)13-26-20-7-8-20/h4-6,9-11,14-15,20,26H,3,7-8,13H2,1-2H3,(H,27,28,29). The molecule has 1 aliphatic carbocycles. The molecule has 3 aromatic rings. The van der Waals surface area contributed by atoms with Crippen LogP contribution in [0.3, 0.4) is 0 Å². The summed E-state index contributed by atoms with van der Waals surface area (Å²) in [5, 5.41) is 16.0. The van der Waals surface area contributed by atoms with Gasteiger partial charge in [-0.2, -0.15) is 5.26 Å². The van der Waals surface area contributed by atoms with Gasteiger partial charge in [-0.3, -0.25) is 0 Å². The van der Waals surface area contributed by atoms with Crippen LogP contribution in [0.4, 0.5) is 11.6 Å². The third-order valence-corrected chi connectivity index (χ3v) is 5.07. The van der Waals surface area contributed by atoms with Crippen LogP contribution in [0.5, 0.6) is 11.5 Å². The first-order valence-electron chi connectivity index (χ1n) is 10.4. The number of ether oxygens (including phenoxy) is 2. The van der Waals surface area contributed by atoms with Gasteiger partial charge in [-0.15, -0.1) is 0 Å². The Hall–Kier alpha value is -3.63. The monoisotopic (exact) mass is 415 g/mol. The summed E-state index contributed by atoms with van der Waals surface area (Å²) in [7, 11) is 1.66. The van der Waals surface area contributed by atoms with Gasteiger partial charge in [0.15, 0.2) is 0 Å². The third-order valence-electron chi connectivity index (χ3n) is 5.07. The quantitative estimate of drug-likeness (QED) is 0.534. The molecule has 1 aliphatic rings. The number of nitriles is 1. The molecule has 1 aromatic heterocycles. The summed E-state index contributed by atoms with van der Waals surface area (Å²) in [5.41, 5.74) is 4.22. The van der Waals surface area contributed by atoms with Crippen molar-refractivity contribution in [1.29, 1.82) is 5.26 Å². The van der Waals surface area contributed by atoms with Crippen molar-refractivity contribution in [3.8, 4) is 28.7 Å². The molecule has 4 rings (SSSR count). The topological polar surface area (TPSA) is 92.1 Å². The number of aromatic nitrogens is 2. The summed E-state index contributed by atoms with van der Waals surface area (Å²) in [6, 6.07) is 14.3. The predicted molar refractivity (Wildman–Crippen MR) is 119 cm³/mol. The fraction of sp³-hybridized carbons (Fsp3) is 0.292. The number of hydrogen-bond acceptors (Lipinski definition) is 7. The fourth-order valence-electron chi connectivity index (χ4n) is 3.23. The number of anilines is 2. The molecular formula is C24H25N5O2. The van der Waals surface area contributed by atoms with E-state index in [4.69, 9.17) is 9.47 Å². The molecule has 7 heteroatoms. The third kappa shape index (κ3) is 5.11. The van der Waals surface area contributed by atoms with Crippen LogP contribution in [0.15, 0.2) is 48.8 Å². The summed E-state index contributed by atoms with van der Waals surface area (Å²) in [5.74, 6) is 1.78. The molecule has 0 bridgehead atoms. The van der Waals surface area contributed by atoms with E-state index in [9.17, 15) is 5.26 Å². The molecule has 2 N–H and O–H groups in total. The number of nitrogens with zero attached hydrogens (tertiary/aromatic N) is 3. The number of rotatable bonds is 9. The van der Waals surface area contributed by atoms with E-state index in [2.05, 4.69) is 32.7 Å². The van der Waals surface area contributed by atoms with Gasteiger partial charge < -0.3 is 20.1 Å². The first-order valence-corrected chi connectivity index (χ1v) is 10.4. The van der Waals surface area contributed by atoms with Gasteiger partial charge in [0, 0.05) is 30.5 Å². The highest BCUT2D eigenvalue weighted by Crippen LogP contribution is 2.30. The lowest BCUT2D eigenvalue weighted by Crippen LogP contribution is -2.15. The van der Waals surface area contributed by atoms with Gasteiger partial charge >= 0.3 is 0 Å². The molecule has 0 radical (unpaired) electrons. The molecule has 158 valence electrons. The van der Waals surface area contributed by atoms with Gasteiger partial charge in [-0.05, 0) is 55.2 Å². The maximum Gasteiger partial charge on any atom is 0.227 e. The van der Waals surface area contributed by atoms with Crippen LogP contribution < -0.4 is 20.1 Å². The first kappa shape index (κ1) is 20.6. The molecule has 0 unspecified atom stereocenters. The van der Waals surface area contributed by atoms with Crippen LogP contribution in [0, 0.1) is 11.3 Å². The van der Waals surface area contributed by atoms with Crippen LogP contribution in [-0.4, -0.2) is 29.7 Å². The Morgan fingerprint density at radius 1 is 1.06 bits per heavy atom. The minimum Gasteiger partial charge on any atom is -0.495 e. The molecule has 2 aromatic carbocycles. The summed E-state index contributed by atoms with van der Waals surface area (Å²) in [4.78, 5) is 8.88. The molecule has 0 aliphatic heterocycles. The Bertz CT molecular complexity index is 1090. The van der Waals surface area contributed by atoms with Gasteiger partial charge in [-0.1, -0.05) is 12.1 Å². The second-order valence-corrected chi connectivity index (χ2v) is 7.37. The van der Waals surface area contributed by atoms with E-state index in [1.807, 2.05) is 31.2 Å². The van der Waals surface area contributed by atoms with Gasteiger partial charge in [-0.25, -0.2) is 9.97 Å². The van der Waals surface area contributed by atoms with Gasteiger partial charge in [0.25, 0.3) is 0 Å². The van der Waals surface area contributed by atoms with Crippen molar-refractivity contribution in [3.05, 3.63) is 59.9 Å². The van der Waals surface area contributed by atoms with E-state index in [0.29, 0.717) is 29.9 Å². The summed E-state index contributed by atoms with van der Waals surface area (Å²) < 4.78 is 11.1. The van der Waals surface area contributed by atoms with Crippen LogP contribution in [0.1, 0.15) is 30.9 Å². The Morgan fingerprint density at radius 2 is 1.87 bits per heavy atom. The van der Waals surface area contributed by atoms with Crippen LogP contribution in [0.25, 0.3) is 11.1 Å². The molecule has 0 atom stereocenters. The van der Waals surface area contributed by atoms with E-state index in [1.165, 1.54) is 18.4 Å². The Morgan fingerprint density at radius 3 is 2.55 bits per heavy atom. The van der Waals surface area contributed by atoms with Crippen LogP contribution in [-0.2, 0) is 6.54 Å². The number of hydrogen-bond donors (Lipinski definition) is 2. The first-order chi connectivity index (χ1) is 15.2. The molecule has 0 amide bonds. The zero-order valence-electron chi connectivity index (χ0n) is 17.7. The second-order valence-electron chi connectivity index (χ2n) is 7.37. The Balaban J connectivity index is 1.48. The summed E-state index contributed by atoms with van der Waals surface area (Å²) in [6.07, 6.45) is 6.01. The molecule has 0 saturated heterocycles. The minimum absolute atomic E-state index is 0.476. The molecule has 7 nitrogen and oxygen atoms in total. The lowest BCUT2D eigenvalue weighted by atomic mass is 10.1. The molecule has 0 spiro atoms. The molecule has 1 saturated carbocycles. The summed E-state index contributed by atoms with van der Waals surface area (Å²) >= 11 is 0. The summed E-state index contributed by atoms with van der Waals surface area (Å²) in [6.45, 7) is 3.22. The van der Waals surface area contributed by atoms with Crippen molar-refractivity contribution in [3.63, 3.8) is 0 Å². The van der Waals surface area contributed by atoms with Crippen molar-refractivity contribution >= 4 is 11.6 Å². The highest BCUT2D eigenvalue weighted by molar-refractivity contribution is 5.68. The van der Waals surface area contributed by atoms with Gasteiger partial charge in [0.2, 0.25) is 5.95 Å². The van der Waals surface area contributed by atoms with Gasteiger partial charge in [0.05, 0.1) is 25.0 Å². The van der Waals surface area contributed by atoms with E-state index in [-0.39, 0.29) is 0 Å². The second kappa shape index (κ2) is 9.45. The van der Waals surface area contributed by atoms with Crippen LogP contribution in [0.2, 0.25) is 0 Å². The van der Waals surface area contributed by atoms with E-state index in [0.717, 1.165) is 29.1 Å². The van der Waals surface area contributed by atoms with Crippen molar-refractivity contribution in [2.24, 2.45) is 0 Å². The zero-order valence-corrected chi connectivity index (χ0v) is 17.7. The van der Waals surface area contributed by atoms with Crippen molar-refractivity contribution in [2.75, 3.05) is 19.0 Å². The van der Waals surface area contributed by atoms with E-state index in [1.54, 1.807) is 25.6 Å². The van der Waals surface area contributed by atoms with Crippen LogP contribution >= 0.6 is 0 Å². The number of methoxy groups -OCH3 is 1. The largest absolute Gasteiger partial charge is 0.495 e. The van der Waals surface area contributed by atoms with Crippen molar-refractivity contribution in [2.45, 2.75) is 32.4 Å². The Kier molecular flexibility index (Phi) is 6.29. The SMILES string of the molecule is CCOc1cc(-c2cnc(Nc3ccc(CNC4CC4)cc3OC)nc2)ccc1C#N. The number of nitrogens with one attached hydrogen (secondary N) is 2.